The minimum Gasteiger partial charge on any atom is -0.395 e. The van der Waals surface area contributed by atoms with Crippen LogP contribution < -0.4 is 5.32 Å². The van der Waals surface area contributed by atoms with Gasteiger partial charge in [0, 0.05) is 13.1 Å². The van der Waals surface area contributed by atoms with Crippen LogP contribution in [-0.2, 0) is 10.0 Å². The standard InChI is InChI=1S/C10H22N2O4S/c1-17(15,16)12-4-2-3-9(6-12)5-11-10(7-13)8-14/h9-11,13-14H,2-8H2,1H3. The third kappa shape index (κ3) is 4.89. The average Bonchev–Trinajstić information content (AvgIpc) is 2.30. The molecule has 3 N–H and O–H groups in total. The van der Waals surface area contributed by atoms with Crippen LogP contribution in [0.5, 0.6) is 0 Å². The van der Waals surface area contributed by atoms with Crippen LogP contribution in [0.15, 0.2) is 0 Å². The molecule has 0 bridgehead atoms. The van der Waals surface area contributed by atoms with E-state index in [1.165, 1.54) is 10.6 Å². The van der Waals surface area contributed by atoms with Gasteiger partial charge in [0.15, 0.2) is 0 Å². The fraction of sp³-hybridized carbons (Fsp3) is 1.00. The SMILES string of the molecule is CS(=O)(=O)N1CCCC(CNC(CO)CO)C1. The van der Waals surface area contributed by atoms with Crippen molar-refractivity contribution in [3.63, 3.8) is 0 Å². The van der Waals surface area contributed by atoms with Gasteiger partial charge in [-0.25, -0.2) is 12.7 Å². The number of hydrogen-bond donors (Lipinski definition) is 3. The first-order valence-electron chi connectivity index (χ1n) is 5.87. The topological polar surface area (TPSA) is 89.9 Å². The summed E-state index contributed by atoms with van der Waals surface area (Å²) >= 11 is 0. The monoisotopic (exact) mass is 266 g/mol. The van der Waals surface area contributed by atoms with E-state index in [2.05, 4.69) is 5.32 Å². The molecule has 102 valence electrons. The molecule has 1 aliphatic rings. The molecule has 1 saturated heterocycles. The van der Waals surface area contributed by atoms with E-state index in [-0.39, 0.29) is 25.2 Å². The second-order valence-corrected chi connectivity index (χ2v) is 6.58. The molecule has 17 heavy (non-hydrogen) atoms. The van der Waals surface area contributed by atoms with Crippen molar-refractivity contribution in [3.8, 4) is 0 Å². The Kier molecular flexibility index (Phi) is 5.81. The summed E-state index contributed by atoms with van der Waals surface area (Å²) in [4.78, 5) is 0. The zero-order chi connectivity index (χ0) is 12.9. The van der Waals surface area contributed by atoms with Gasteiger partial charge in [0.2, 0.25) is 10.0 Å². The first-order valence-corrected chi connectivity index (χ1v) is 7.72. The summed E-state index contributed by atoms with van der Waals surface area (Å²) in [5, 5.41) is 20.9. The molecule has 6 nitrogen and oxygen atoms in total. The van der Waals surface area contributed by atoms with Crippen molar-refractivity contribution in [1.82, 2.24) is 9.62 Å². The Morgan fingerprint density at radius 1 is 1.41 bits per heavy atom. The maximum absolute atomic E-state index is 11.4. The maximum atomic E-state index is 11.4. The quantitative estimate of drug-likeness (QED) is 0.550. The largest absolute Gasteiger partial charge is 0.395 e. The van der Waals surface area contributed by atoms with E-state index in [4.69, 9.17) is 10.2 Å². The number of nitrogens with one attached hydrogen (secondary N) is 1. The Labute approximate surface area is 103 Å². The van der Waals surface area contributed by atoms with Crippen LogP contribution in [0, 0.1) is 5.92 Å². The van der Waals surface area contributed by atoms with Crippen molar-refractivity contribution in [3.05, 3.63) is 0 Å². The van der Waals surface area contributed by atoms with Crippen molar-refractivity contribution in [2.24, 2.45) is 5.92 Å². The Morgan fingerprint density at radius 2 is 2.06 bits per heavy atom. The molecule has 0 aromatic heterocycles. The smallest absolute Gasteiger partial charge is 0.211 e. The number of piperidine rings is 1. The summed E-state index contributed by atoms with van der Waals surface area (Å²) in [6.07, 6.45) is 3.07. The first-order chi connectivity index (χ1) is 7.97. The predicted octanol–water partition coefficient (Wildman–Crippen LogP) is -1.40. The molecule has 1 unspecified atom stereocenters. The number of aliphatic hydroxyl groups excluding tert-OH is 2. The molecule has 0 radical (unpaired) electrons. The third-order valence-electron chi connectivity index (χ3n) is 3.09. The van der Waals surface area contributed by atoms with Crippen LogP contribution in [0.1, 0.15) is 12.8 Å². The maximum Gasteiger partial charge on any atom is 0.211 e. The van der Waals surface area contributed by atoms with Gasteiger partial charge in [0.1, 0.15) is 0 Å². The predicted molar refractivity (Wildman–Crippen MR) is 65.1 cm³/mol. The number of sulfonamides is 1. The zero-order valence-electron chi connectivity index (χ0n) is 10.2. The van der Waals surface area contributed by atoms with Gasteiger partial charge in [-0.2, -0.15) is 0 Å². The molecule has 0 aromatic carbocycles. The van der Waals surface area contributed by atoms with Crippen LogP contribution in [0.25, 0.3) is 0 Å². The highest BCUT2D eigenvalue weighted by molar-refractivity contribution is 7.88. The van der Waals surface area contributed by atoms with Gasteiger partial charge in [-0.15, -0.1) is 0 Å². The molecule has 0 spiro atoms. The van der Waals surface area contributed by atoms with Crippen molar-refractivity contribution >= 4 is 10.0 Å². The fourth-order valence-corrected chi connectivity index (χ4v) is 2.96. The lowest BCUT2D eigenvalue weighted by molar-refractivity contribution is 0.160. The molecule has 1 atom stereocenters. The van der Waals surface area contributed by atoms with Crippen LogP contribution in [0.3, 0.4) is 0 Å². The van der Waals surface area contributed by atoms with Crippen LogP contribution in [0.4, 0.5) is 0 Å². The Morgan fingerprint density at radius 3 is 2.59 bits per heavy atom. The number of hydrogen-bond acceptors (Lipinski definition) is 5. The van der Waals surface area contributed by atoms with Crippen LogP contribution in [0.2, 0.25) is 0 Å². The van der Waals surface area contributed by atoms with E-state index < -0.39 is 10.0 Å². The summed E-state index contributed by atoms with van der Waals surface area (Å²) in [5.41, 5.74) is 0. The Bertz CT molecular complexity index is 316. The molecule has 0 aliphatic carbocycles. The minimum atomic E-state index is -3.10. The van der Waals surface area contributed by atoms with Crippen molar-refractivity contribution in [2.45, 2.75) is 18.9 Å². The second kappa shape index (κ2) is 6.65. The summed E-state index contributed by atoms with van der Waals surface area (Å²) in [5.74, 6) is 0.249. The Hall–Kier alpha value is -0.210. The second-order valence-electron chi connectivity index (χ2n) is 4.60. The summed E-state index contributed by atoms with van der Waals surface area (Å²) in [6, 6.07) is -0.316. The number of nitrogens with zero attached hydrogens (tertiary/aromatic N) is 1. The molecule has 1 heterocycles. The van der Waals surface area contributed by atoms with Gasteiger partial charge < -0.3 is 15.5 Å². The minimum absolute atomic E-state index is 0.112. The molecule has 1 aliphatic heterocycles. The third-order valence-corrected chi connectivity index (χ3v) is 4.36. The van der Waals surface area contributed by atoms with Gasteiger partial charge in [-0.3, -0.25) is 0 Å². The highest BCUT2D eigenvalue weighted by atomic mass is 32.2. The van der Waals surface area contributed by atoms with E-state index in [0.717, 1.165) is 12.8 Å². The fourth-order valence-electron chi connectivity index (χ4n) is 2.01. The summed E-state index contributed by atoms with van der Waals surface area (Å²) in [6.45, 7) is 1.52. The molecule has 0 aromatic rings. The van der Waals surface area contributed by atoms with Gasteiger partial charge in [-0.05, 0) is 25.3 Å². The molecule has 7 heteroatoms. The number of aliphatic hydroxyl groups is 2. The lowest BCUT2D eigenvalue weighted by atomic mass is 9.99. The van der Waals surface area contributed by atoms with Gasteiger partial charge in [0.05, 0.1) is 25.5 Å². The summed E-state index contributed by atoms with van der Waals surface area (Å²) in [7, 11) is -3.10. The highest BCUT2D eigenvalue weighted by Gasteiger charge is 2.25. The molecular weight excluding hydrogens is 244 g/mol. The van der Waals surface area contributed by atoms with E-state index in [1.807, 2.05) is 0 Å². The van der Waals surface area contributed by atoms with Crippen LogP contribution in [-0.4, -0.2) is 68.1 Å². The zero-order valence-corrected chi connectivity index (χ0v) is 11.0. The van der Waals surface area contributed by atoms with Crippen LogP contribution >= 0.6 is 0 Å². The van der Waals surface area contributed by atoms with E-state index >= 15 is 0 Å². The molecular formula is C10H22N2O4S. The summed E-state index contributed by atoms with van der Waals surface area (Å²) < 4.78 is 24.3. The number of rotatable bonds is 6. The molecule has 1 rings (SSSR count). The van der Waals surface area contributed by atoms with E-state index in [0.29, 0.717) is 19.6 Å². The van der Waals surface area contributed by atoms with E-state index in [1.54, 1.807) is 0 Å². The van der Waals surface area contributed by atoms with Crippen molar-refractivity contribution in [1.29, 1.82) is 0 Å². The first kappa shape index (κ1) is 14.8. The van der Waals surface area contributed by atoms with Gasteiger partial charge in [-0.1, -0.05) is 0 Å². The molecule has 0 saturated carbocycles. The van der Waals surface area contributed by atoms with Gasteiger partial charge in [0.25, 0.3) is 0 Å². The van der Waals surface area contributed by atoms with Crippen molar-refractivity contribution in [2.75, 3.05) is 39.1 Å². The lowest BCUT2D eigenvalue weighted by Gasteiger charge is -2.31. The molecule has 1 fully saturated rings. The lowest BCUT2D eigenvalue weighted by Crippen LogP contribution is -2.45. The van der Waals surface area contributed by atoms with Gasteiger partial charge >= 0.3 is 0 Å². The highest BCUT2D eigenvalue weighted by Crippen LogP contribution is 2.17. The van der Waals surface area contributed by atoms with Crippen molar-refractivity contribution < 1.29 is 18.6 Å². The average molecular weight is 266 g/mol. The molecule has 0 amide bonds. The van der Waals surface area contributed by atoms with E-state index in [9.17, 15) is 8.42 Å². The Balaban J connectivity index is 2.40. The normalized spacial score (nSPS) is 23.2.